The third-order valence-corrected chi connectivity index (χ3v) is 4.26. The summed E-state index contributed by atoms with van der Waals surface area (Å²) in [5.74, 6) is 0.0400. The Bertz CT molecular complexity index is 496. The first-order valence-electron chi connectivity index (χ1n) is 7.11. The Balaban J connectivity index is 1.92. The third-order valence-electron chi connectivity index (χ3n) is 3.52. The van der Waals surface area contributed by atoms with Gasteiger partial charge in [-0.25, -0.2) is 4.79 Å². The van der Waals surface area contributed by atoms with Crippen LogP contribution in [-0.2, 0) is 0 Å². The fraction of sp³-hybridized carbons (Fsp3) is 0.467. The van der Waals surface area contributed by atoms with Crippen LogP contribution < -0.4 is 5.32 Å². The Labute approximate surface area is 129 Å². The van der Waals surface area contributed by atoms with Crippen molar-refractivity contribution in [3.63, 3.8) is 0 Å². The first-order valence-corrected chi connectivity index (χ1v) is 8.34. The number of hydrogen-bond acceptors (Lipinski definition) is 3. The number of nitrogens with zero attached hydrogens (tertiary/aromatic N) is 2. The van der Waals surface area contributed by atoms with Crippen LogP contribution in [0.5, 0.6) is 0 Å². The molecule has 6 heteroatoms. The average Bonchev–Trinajstić information content (AvgIpc) is 2.54. The Morgan fingerprint density at radius 1 is 1.10 bits per heavy atom. The molecule has 0 unspecified atom stereocenters. The topological polar surface area (TPSA) is 52.7 Å². The normalized spacial score (nSPS) is 15.0. The second-order valence-corrected chi connectivity index (χ2v) is 5.72. The summed E-state index contributed by atoms with van der Waals surface area (Å²) in [5, 5.41) is 2.78. The van der Waals surface area contributed by atoms with E-state index in [1.54, 1.807) is 16.7 Å². The molecule has 0 saturated carbocycles. The number of urea groups is 1. The van der Waals surface area contributed by atoms with Gasteiger partial charge in [-0.3, -0.25) is 4.79 Å². The number of nitrogens with one attached hydrogen (secondary N) is 1. The fourth-order valence-electron chi connectivity index (χ4n) is 2.29. The van der Waals surface area contributed by atoms with Crippen LogP contribution in [0.25, 0.3) is 0 Å². The summed E-state index contributed by atoms with van der Waals surface area (Å²) >= 11 is 1.66. The summed E-state index contributed by atoms with van der Waals surface area (Å²) in [6.45, 7) is 4.86. The second kappa shape index (κ2) is 7.36. The highest BCUT2D eigenvalue weighted by molar-refractivity contribution is 7.98. The highest BCUT2D eigenvalue weighted by Gasteiger charge is 2.24. The van der Waals surface area contributed by atoms with Gasteiger partial charge in [-0.1, -0.05) is 0 Å². The molecule has 5 nitrogen and oxygen atoms in total. The molecule has 1 saturated heterocycles. The molecule has 0 atom stereocenters. The number of carbonyl (C=O) groups is 2. The highest BCUT2D eigenvalue weighted by atomic mass is 32.2. The maximum atomic E-state index is 12.4. The van der Waals surface area contributed by atoms with Crippen molar-refractivity contribution in [2.45, 2.75) is 11.8 Å². The maximum Gasteiger partial charge on any atom is 0.317 e. The van der Waals surface area contributed by atoms with Crippen molar-refractivity contribution in [1.29, 1.82) is 0 Å². The molecule has 1 aromatic rings. The number of benzene rings is 1. The number of thioether (sulfide) groups is 1. The van der Waals surface area contributed by atoms with Gasteiger partial charge in [0, 0.05) is 43.2 Å². The molecule has 1 aromatic carbocycles. The number of amides is 3. The van der Waals surface area contributed by atoms with Gasteiger partial charge in [-0.05, 0) is 37.4 Å². The van der Waals surface area contributed by atoms with E-state index in [4.69, 9.17) is 0 Å². The van der Waals surface area contributed by atoms with Gasteiger partial charge in [-0.2, -0.15) is 0 Å². The zero-order valence-corrected chi connectivity index (χ0v) is 13.3. The summed E-state index contributed by atoms with van der Waals surface area (Å²) in [4.78, 5) is 28.8. The number of hydrogen-bond donors (Lipinski definition) is 1. The second-order valence-electron chi connectivity index (χ2n) is 4.84. The zero-order valence-electron chi connectivity index (χ0n) is 12.5. The van der Waals surface area contributed by atoms with Gasteiger partial charge < -0.3 is 15.1 Å². The summed E-state index contributed by atoms with van der Waals surface area (Å²) in [6.07, 6.45) is 2.01. The van der Waals surface area contributed by atoms with Crippen molar-refractivity contribution >= 4 is 23.7 Å². The summed E-state index contributed by atoms with van der Waals surface area (Å²) < 4.78 is 0. The van der Waals surface area contributed by atoms with Crippen molar-refractivity contribution in [3.8, 4) is 0 Å². The molecule has 1 aliphatic rings. The molecule has 21 heavy (non-hydrogen) atoms. The molecule has 114 valence electrons. The van der Waals surface area contributed by atoms with Crippen molar-refractivity contribution in [2.75, 3.05) is 39.0 Å². The number of piperazine rings is 1. The quantitative estimate of drug-likeness (QED) is 0.868. The van der Waals surface area contributed by atoms with E-state index in [0.29, 0.717) is 38.3 Å². The minimum atomic E-state index is -0.0473. The zero-order chi connectivity index (χ0) is 15.2. The van der Waals surface area contributed by atoms with Crippen LogP contribution >= 0.6 is 11.8 Å². The number of rotatable bonds is 3. The van der Waals surface area contributed by atoms with E-state index in [9.17, 15) is 9.59 Å². The fourth-order valence-corrected chi connectivity index (χ4v) is 2.70. The van der Waals surface area contributed by atoms with Gasteiger partial charge in [-0.15, -0.1) is 11.8 Å². The third kappa shape index (κ3) is 3.91. The average molecular weight is 307 g/mol. The van der Waals surface area contributed by atoms with E-state index < -0.39 is 0 Å². The van der Waals surface area contributed by atoms with Crippen LogP contribution in [0.3, 0.4) is 0 Å². The summed E-state index contributed by atoms with van der Waals surface area (Å²) in [5.41, 5.74) is 0.708. The minimum absolute atomic E-state index is 0.0400. The largest absolute Gasteiger partial charge is 0.338 e. The van der Waals surface area contributed by atoms with Crippen LogP contribution in [-0.4, -0.2) is 60.7 Å². The lowest BCUT2D eigenvalue weighted by molar-refractivity contribution is 0.0665. The first-order chi connectivity index (χ1) is 10.2. The molecular formula is C15H21N3O2S. The molecule has 2 rings (SSSR count). The lowest BCUT2D eigenvalue weighted by atomic mass is 10.2. The monoisotopic (exact) mass is 307 g/mol. The molecule has 3 amide bonds. The number of carbonyl (C=O) groups excluding carboxylic acids is 2. The van der Waals surface area contributed by atoms with Crippen molar-refractivity contribution in [2.24, 2.45) is 0 Å². The first kappa shape index (κ1) is 15.7. The van der Waals surface area contributed by atoms with Gasteiger partial charge in [0.15, 0.2) is 0 Å². The van der Waals surface area contributed by atoms with Crippen LogP contribution in [0.4, 0.5) is 4.79 Å². The molecule has 1 N–H and O–H groups in total. The molecule has 1 aliphatic heterocycles. The molecular weight excluding hydrogens is 286 g/mol. The van der Waals surface area contributed by atoms with E-state index in [1.165, 1.54) is 0 Å². The van der Waals surface area contributed by atoms with Gasteiger partial charge in [0.2, 0.25) is 0 Å². The lowest BCUT2D eigenvalue weighted by Crippen LogP contribution is -2.53. The minimum Gasteiger partial charge on any atom is -0.338 e. The Hall–Kier alpha value is -1.69. The van der Waals surface area contributed by atoms with Crippen LogP contribution in [0.15, 0.2) is 29.2 Å². The summed E-state index contributed by atoms with van der Waals surface area (Å²) in [7, 11) is 0. The van der Waals surface area contributed by atoms with Gasteiger partial charge in [0.1, 0.15) is 0 Å². The standard InChI is InChI=1S/C15H21N3O2S/c1-3-16-15(20)18-10-8-17(9-11-18)14(19)12-4-6-13(21-2)7-5-12/h4-7H,3,8-11H2,1-2H3,(H,16,20). The molecule has 0 aliphatic carbocycles. The van der Waals surface area contributed by atoms with Crippen LogP contribution in [0.1, 0.15) is 17.3 Å². The van der Waals surface area contributed by atoms with Crippen molar-refractivity contribution in [1.82, 2.24) is 15.1 Å². The molecule has 1 heterocycles. The van der Waals surface area contributed by atoms with Crippen LogP contribution in [0, 0.1) is 0 Å². The predicted molar refractivity (Wildman–Crippen MR) is 84.8 cm³/mol. The predicted octanol–water partition coefficient (Wildman–Crippen LogP) is 1.90. The summed E-state index contributed by atoms with van der Waals surface area (Å²) in [6, 6.07) is 7.61. The maximum absolute atomic E-state index is 12.4. The Morgan fingerprint density at radius 3 is 2.19 bits per heavy atom. The SMILES string of the molecule is CCNC(=O)N1CCN(C(=O)c2ccc(SC)cc2)CC1. The van der Waals surface area contributed by atoms with Crippen LogP contribution in [0.2, 0.25) is 0 Å². The lowest BCUT2D eigenvalue weighted by Gasteiger charge is -2.34. The van der Waals surface area contributed by atoms with Gasteiger partial charge >= 0.3 is 6.03 Å². The Morgan fingerprint density at radius 2 is 1.67 bits per heavy atom. The molecule has 0 bridgehead atoms. The molecule has 0 aromatic heterocycles. The highest BCUT2D eigenvalue weighted by Crippen LogP contribution is 2.16. The van der Waals surface area contributed by atoms with Gasteiger partial charge in [0.05, 0.1) is 0 Å². The smallest absolute Gasteiger partial charge is 0.317 e. The van der Waals surface area contributed by atoms with Crippen molar-refractivity contribution in [3.05, 3.63) is 29.8 Å². The molecule has 1 fully saturated rings. The Kier molecular flexibility index (Phi) is 5.50. The van der Waals surface area contributed by atoms with Crippen molar-refractivity contribution < 1.29 is 9.59 Å². The van der Waals surface area contributed by atoms with E-state index in [1.807, 2.05) is 42.3 Å². The molecule has 0 radical (unpaired) electrons. The molecule has 0 spiro atoms. The van der Waals surface area contributed by atoms with E-state index in [-0.39, 0.29) is 11.9 Å². The van der Waals surface area contributed by atoms with E-state index in [0.717, 1.165) is 4.90 Å². The van der Waals surface area contributed by atoms with Gasteiger partial charge in [0.25, 0.3) is 5.91 Å². The van der Waals surface area contributed by atoms with E-state index >= 15 is 0 Å². The van der Waals surface area contributed by atoms with E-state index in [2.05, 4.69) is 5.32 Å².